The molecule has 13 heteroatoms. The molecule has 0 aliphatic carbocycles. The molecule has 38 heavy (non-hydrogen) atoms. The first kappa shape index (κ1) is 27.1. The number of phenolic OH excluding ortho intramolecular Hbond substituents is 1. The van der Waals surface area contributed by atoms with Crippen LogP contribution >= 0.6 is 11.3 Å². The highest BCUT2D eigenvalue weighted by Crippen LogP contribution is 2.38. The molecule has 1 unspecified atom stereocenters. The topological polar surface area (TPSA) is 154 Å². The van der Waals surface area contributed by atoms with Gasteiger partial charge < -0.3 is 19.3 Å². The lowest BCUT2D eigenvalue weighted by Gasteiger charge is -2.24. The van der Waals surface area contributed by atoms with Gasteiger partial charge in [0.2, 0.25) is 6.79 Å². The number of ether oxygens (including phenoxy) is 3. The predicted octanol–water partition coefficient (Wildman–Crippen LogP) is 1.74. The molecule has 11 nitrogen and oxygen atoms in total. The number of phenols is 1. The average Bonchev–Trinajstić information content (AvgIpc) is 3.42. The number of aromatic hydroxyl groups is 1. The molecule has 200 valence electrons. The molecule has 2 aliphatic heterocycles. The van der Waals surface area contributed by atoms with E-state index in [0.717, 1.165) is 5.56 Å². The minimum absolute atomic E-state index is 0.119. The molecule has 5 rings (SSSR count). The number of carbonyl (C=O) groups is 1. The standard InChI is InChI=1S/C24H20N2O6S.CH4O3S/c1-3-30-23(29)20-13(2)25-24-26(21(20)15-6-9-17-18(11-15)32-12-31-17)22(28)19(33-24)10-14-4-7-16(27)8-5-14;1-5(2,3)4/h4-11,21,27H,3,12H2,1-2H3;1H3,(H,2,3,4)/b19-10-;. The van der Waals surface area contributed by atoms with E-state index in [-0.39, 0.29) is 24.7 Å². The zero-order chi connectivity index (χ0) is 27.6. The van der Waals surface area contributed by atoms with Crippen LogP contribution in [0.25, 0.3) is 6.08 Å². The first-order chi connectivity index (χ1) is 18.0. The third-order valence-electron chi connectivity index (χ3n) is 5.42. The molecule has 2 aromatic carbocycles. The number of allylic oxidation sites excluding steroid dienone is 1. The fourth-order valence-electron chi connectivity index (χ4n) is 3.91. The Morgan fingerprint density at radius 1 is 1.21 bits per heavy atom. The molecule has 0 fully saturated rings. The van der Waals surface area contributed by atoms with Crippen molar-refractivity contribution < 1.29 is 37.1 Å². The summed E-state index contributed by atoms with van der Waals surface area (Å²) < 4.78 is 44.1. The van der Waals surface area contributed by atoms with E-state index in [1.807, 2.05) is 6.07 Å². The molecule has 1 atom stereocenters. The maximum Gasteiger partial charge on any atom is 0.338 e. The van der Waals surface area contributed by atoms with Crippen LogP contribution in [0, 0.1) is 0 Å². The van der Waals surface area contributed by atoms with Crippen molar-refractivity contribution in [2.45, 2.75) is 19.9 Å². The molecule has 3 aromatic rings. The van der Waals surface area contributed by atoms with Crippen LogP contribution in [0.3, 0.4) is 0 Å². The quantitative estimate of drug-likeness (QED) is 0.359. The van der Waals surface area contributed by atoms with Gasteiger partial charge in [0.15, 0.2) is 16.3 Å². The number of benzene rings is 2. The van der Waals surface area contributed by atoms with E-state index in [9.17, 15) is 23.1 Å². The highest BCUT2D eigenvalue weighted by atomic mass is 32.2. The van der Waals surface area contributed by atoms with Gasteiger partial charge in [-0.05, 0) is 55.3 Å². The summed E-state index contributed by atoms with van der Waals surface area (Å²) in [6.45, 7) is 3.79. The normalized spacial score (nSPS) is 16.3. The maximum absolute atomic E-state index is 13.5. The van der Waals surface area contributed by atoms with E-state index in [2.05, 4.69) is 4.99 Å². The van der Waals surface area contributed by atoms with Crippen molar-refractivity contribution in [3.8, 4) is 17.2 Å². The van der Waals surface area contributed by atoms with E-state index < -0.39 is 22.1 Å². The van der Waals surface area contributed by atoms with Crippen LogP contribution in [0.1, 0.15) is 31.0 Å². The van der Waals surface area contributed by atoms with Gasteiger partial charge in [0.25, 0.3) is 15.7 Å². The third-order valence-corrected chi connectivity index (χ3v) is 6.40. The van der Waals surface area contributed by atoms with E-state index in [0.29, 0.717) is 43.9 Å². The summed E-state index contributed by atoms with van der Waals surface area (Å²) in [6.07, 6.45) is 2.45. The number of hydrogen-bond acceptors (Lipinski definition) is 10. The number of carbonyl (C=O) groups excluding carboxylic acids is 1. The van der Waals surface area contributed by atoms with Crippen LogP contribution in [0.5, 0.6) is 17.2 Å². The summed E-state index contributed by atoms with van der Waals surface area (Å²) >= 11 is 1.24. The Morgan fingerprint density at radius 3 is 2.53 bits per heavy atom. The first-order valence-corrected chi connectivity index (χ1v) is 13.9. The minimum atomic E-state index is -3.67. The summed E-state index contributed by atoms with van der Waals surface area (Å²) in [5.41, 5.74) is 1.98. The number of thiazole rings is 1. The van der Waals surface area contributed by atoms with E-state index in [4.69, 9.17) is 18.8 Å². The number of fused-ring (bicyclic) bond motifs is 2. The van der Waals surface area contributed by atoms with Crippen LogP contribution in [-0.4, -0.2) is 48.3 Å². The summed E-state index contributed by atoms with van der Waals surface area (Å²) in [7, 11) is -3.67. The van der Waals surface area contributed by atoms with Crippen molar-refractivity contribution in [2.24, 2.45) is 4.99 Å². The largest absolute Gasteiger partial charge is 0.508 e. The van der Waals surface area contributed by atoms with Crippen molar-refractivity contribution in [1.82, 2.24) is 4.57 Å². The van der Waals surface area contributed by atoms with Gasteiger partial charge in [-0.15, -0.1) is 0 Å². The Bertz CT molecular complexity index is 1690. The lowest BCUT2D eigenvalue weighted by molar-refractivity contribution is -0.139. The van der Waals surface area contributed by atoms with Crippen LogP contribution in [-0.2, 0) is 19.6 Å². The Balaban J connectivity index is 0.000000617. The van der Waals surface area contributed by atoms with Crippen LogP contribution in [0.4, 0.5) is 0 Å². The SMILES string of the molecule is CCOC(=O)C1=C(C)N=c2s/c(=C\c3ccc(O)cc3)c(=O)n2C1c1ccc2c(c1)OCO2.CS(=O)(=O)O. The highest BCUT2D eigenvalue weighted by molar-refractivity contribution is 7.85. The van der Waals surface area contributed by atoms with Crippen LogP contribution in [0.15, 0.2) is 63.5 Å². The molecule has 0 bridgehead atoms. The molecule has 0 radical (unpaired) electrons. The number of nitrogens with zero attached hydrogens (tertiary/aromatic N) is 2. The van der Waals surface area contributed by atoms with Crippen molar-refractivity contribution in [1.29, 1.82) is 0 Å². The van der Waals surface area contributed by atoms with Crippen LogP contribution in [0.2, 0.25) is 0 Å². The van der Waals surface area contributed by atoms with Crippen molar-refractivity contribution in [3.63, 3.8) is 0 Å². The van der Waals surface area contributed by atoms with Gasteiger partial charge in [-0.2, -0.15) is 8.42 Å². The number of aromatic nitrogens is 1. The molecule has 0 spiro atoms. The van der Waals surface area contributed by atoms with Gasteiger partial charge >= 0.3 is 5.97 Å². The number of hydrogen-bond donors (Lipinski definition) is 2. The van der Waals surface area contributed by atoms with Gasteiger partial charge in [0.1, 0.15) is 5.75 Å². The number of rotatable bonds is 4. The van der Waals surface area contributed by atoms with Crippen molar-refractivity contribution >= 4 is 33.5 Å². The highest BCUT2D eigenvalue weighted by Gasteiger charge is 2.34. The smallest absolute Gasteiger partial charge is 0.338 e. The Morgan fingerprint density at radius 2 is 1.87 bits per heavy atom. The second kappa shape index (κ2) is 10.8. The summed E-state index contributed by atoms with van der Waals surface area (Å²) in [6, 6.07) is 11.2. The third kappa shape index (κ3) is 5.96. The molecule has 0 saturated carbocycles. The second-order valence-corrected chi connectivity index (χ2v) is 10.7. The van der Waals surface area contributed by atoms with Gasteiger partial charge in [-0.3, -0.25) is 13.9 Å². The molecule has 2 aliphatic rings. The molecule has 3 heterocycles. The van der Waals surface area contributed by atoms with E-state index in [1.54, 1.807) is 56.3 Å². The zero-order valence-corrected chi connectivity index (χ0v) is 22.2. The zero-order valence-electron chi connectivity index (χ0n) is 20.6. The fraction of sp³-hybridized carbons (Fsp3) is 0.240. The molecular formula is C25H24N2O9S2. The lowest BCUT2D eigenvalue weighted by Crippen LogP contribution is -2.39. The van der Waals surface area contributed by atoms with Gasteiger partial charge in [-0.1, -0.05) is 29.5 Å². The van der Waals surface area contributed by atoms with E-state index >= 15 is 0 Å². The van der Waals surface area contributed by atoms with Crippen LogP contribution < -0.4 is 24.4 Å². The van der Waals surface area contributed by atoms with Gasteiger partial charge in [0.05, 0.1) is 34.7 Å². The number of esters is 1. The Kier molecular flexibility index (Phi) is 7.71. The maximum atomic E-state index is 13.5. The minimum Gasteiger partial charge on any atom is -0.508 e. The molecule has 2 N–H and O–H groups in total. The van der Waals surface area contributed by atoms with Crippen molar-refractivity contribution in [3.05, 3.63) is 84.5 Å². The average molecular weight is 561 g/mol. The monoisotopic (exact) mass is 560 g/mol. The fourth-order valence-corrected chi connectivity index (χ4v) is 4.96. The predicted molar refractivity (Wildman–Crippen MR) is 139 cm³/mol. The second-order valence-electron chi connectivity index (χ2n) is 8.24. The molecule has 1 aromatic heterocycles. The van der Waals surface area contributed by atoms with Gasteiger partial charge in [-0.25, -0.2) is 9.79 Å². The Hall–Kier alpha value is -3.94. The summed E-state index contributed by atoms with van der Waals surface area (Å²) in [5.74, 6) is 0.786. The van der Waals surface area contributed by atoms with Crippen molar-refractivity contribution in [2.75, 3.05) is 19.7 Å². The van der Waals surface area contributed by atoms with E-state index in [1.165, 1.54) is 15.9 Å². The lowest BCUT2D eigenvalue weighted by atomic mass is 9.95. The Labute approximate surface area is 221 Å². The van der Waals surface area contributed by atoms with Gasteiger partial charge in [0, 0.05) is 0 Å². The summed E-state index contributed by atoms with van der Waals surface area (Å²) in [4.78, 5) is 31.5. The summed E-state index contributed by atoms with van der Waals surface area (Å²) in [5, 5.41) is 9.53. The first-order valence-electron chi connectivity index (χ1n) is 11.3. The molecule has 0 amide bonds. The molecule has 0 saturated heterocycles. The molecular weight excluding hydrogens is 536 g/mol.